The Bertz CT molecular complexity index is 837. The first-order valence-electron chi connectivity index (χ1n) is 9.63. The van der Waals surface area contributed by atoms with E-state index in [0.29, 0.717) is 24.7 Å². The Balaban J connectivity index is 1.44. The Kier molecular flexibility index (Phi) is 4.83. The summed E-state index contributed by atoms with van der Waals surface area (Å²) in [5.74, 6) is 0.311. The van der Waals surface area contributed by atoms with Gasteiger partial charge in [0, 0.05) is 30.1 Å². The van der Waals surface area contributed by atoms with Crippen molar-refractivity contribution in [1.82, 2.24) is 20.2 Å². The molecule has 0 unspecified atom stereocenters. The maximum absolute atomic E-state index is 12.6. The topological polar surface area (TPSA) is 104 Å². The minimum Gasteiger partial charge on any atom is -0.366 e. The number of aromatic amines is 1. The molecule has 0 bridgehead atoms. The fourth-order valence-electron chi connectivity index (χ4n) is 3.91. The highest BCUT2D eigenvalue weighted by Gasteiger charge is 2.26. The second-order valence-electron chi connectivity index (χ2n) is 7.41. The summed E-state index contributed by atoms with van der Waals surface area (Å²) in [5.41, 5.74) is 8.64. The van der Waals surface area contributed by atoms with Crippen molar-refractivity contribution in [3.05, 3.63) is 41.2 Å². The van der Waals surface area contributed by atoms with Crippen molar-refractivity contribution in [3.63, 3.8) is 0 Å². The number of nitrogens with one attached hydrogen (secondary N) is 2. The zero-order valence-electron chi connectivity index (χ0n) is 15.3. The van der Waals surface area contributed by atoms with Gasteiger partial charge in [-0.2, -0.15) is 0 Å². The number of carbonyl (C=O) groups is 2. The highest BCUT2D eigenvalue weighted by molar-refractivity contribution is 5.93. The summed E-state index contributed by atoms with van der Waals surface area (Å²) < 4.78 is 0. The first-order chi connectivity index (χ1) is 13.1. The van der Waals surface area contributed by atoms with Crippen LogP contribution in [0, 0.1) is 0 Å². The predicted octanol–water partition coefficient (Wildman–Crippen LogP) is 2.58. The monoisotopic (exact) mass is 367 g/mol. The van der Waals surface area contributed by atoms with Crippen LogP contribution in [0.25, 0.3) is 11.4 Å². The number of fused-ring (bicyclic) bond motifs is 1. The number of benzene rings is 1. The fourth-order valence-corrected chi connectivity index (χ4v) is 3.91. The Morgan fingerprint density at radius 2 is 1.89 bits per heavy atom. The molecular weight excluding hydrogens is 342 g/mol. The van der Waals surface area contributed by atoms with Crippen molar-refractivity contribution in [2.75, 3.05) is 6.54 Å². The number of H-pyrrole nitrogens is 1. The van der Waals surface area contributed by atoms with E-state index in [0.717, 1.165) is 42.0 Å². The van der Waals surface area contributed by atoms with Gasteiger partial charge in [-0.05, 0) is 25.0 Å². The zero-order valence-corrected chi connectivity index (χ0v) is 15.3. The number of rotatable bonds is 3. The molecule has 7 heteroatoms. The molecule has 2 aliphatic rings. The van der Waals surface area contributed by atoms with Crippen molar-refractivity contribution in [2.24, 2.45) is 5.73 Å². The Labute approximate surface area is 158 Å². The molecule has 1 aliphatic heterocycles. The first-order valence-corrected chi connectivity index (χ1v) is 9.63. The summed E-state index contributed by atoms with van der Waals surface area (Å²) >= 11 is 0. The third-order valence-electron chi connectivity index (χ3n) is 5.49. The SMILES string of the molecule is NC(=O)c1ccc(-c2nc3c([nH]2)CN(C(=O)NC2CCCCC2)CC3)cc1. The minimum absolute atomic E-state index is 0.0227. The Morgan fingerprint density at radius 3 is 2.59 bits per heavy atom. The van der Waals surface area contributed by atoms with Gasteiger partial charge in [0.25, 0.3) is 0 Å². The average Bonchev–Trinajstić information content (AvgIpc) is 3.12. The third-order valence-corrected chi connectivity index (χ3v) is 5.49. The van der Waals surface area contributed by atoms with Gasteiger partial charge >= 0.3 is 6.03 Å². The zero-order chi connectivity index (χ0) is 18.8. The lowest BCUT2D eigenvalue weighted by Gasteiger charge is -2.30. The van der Waals surface area contributed by atoms with Crippen LogP contribution >= 0.6 is 0 Å². The smallest absolute Gasteiger partial charge is 0.317 e. The molecule has 2 aromatic rings. The highest BCUT2D eigenvalue weighted by Crippen LogP contribution is 2.24. The number of hydrogen-bond acceptors (Lipinski definition) is 3. The molecule has 142 valence electrons. The number of primary amides is 1. The molecule has 1 aromatic carbocycles. The van der Waals surface area contributed by atoms with E-state index in [-0.39, 0.29) is 6.03 Å². The molecule has 1 fully saturated rings. The molecule has 0 atom stereocenters. The predicted molar refractivity (Wildman–Crippen MR) is 102 cm³/mol. The quantitative estimate of drug-likeness (QED) is 0.776. The molecule has 27 heavy (non-hydrogen) atoms. The molecule has 7 nitrogen and oxygen atoms in total. The van der Waals surface area contributed by atoms with Crippen molar-refractivity contribution in [1.29, 1.82) is 0 Å². The summed E-state index contributed by atoms with van der Waals surface area (Å²) in [6.45, 7) is 1.22. The minimum atomic E-state index is -0.445. The van der Waals surface area contributed by atoms with Gasteiger partial charge in [0.15, 0.2) is 0 Å². The van der Waals surface area contributed by atoms with Crippen LogP contribution in [0.1, 0.15) is 53.8 Å². The van der Waals surface area contributed by atoms with E-state index in [4.69, 9.17) is 5.73 Å². The van der Waals surface area contributed by atoms with Crippen molar-refractivity contribution in [2.45, 2.75) is 51.1 Å². The number of urea groups is 1. The van der Waals surface area contributed by atoms with Gasteiger partial charge in [0.2, 0.25) is 5.91 Å². The number of nitrogens with zero attached hydrogens (tertiary/aromatic N) is 2. The van der Waals surface area contributed by atoms with Crippen LogP contribution in [0.3, 0.4) is 0 Å². The van der Waals surface area contributed by atoms with Gasteiger partial charge in [0.05, 0.1) is 17.9 Å². The van der Waals surface area contributed by atoms with Gasteiger partial charge in [0.1, 0.15) is 5.82 Å². The largest absolute Gasteiger partial charge is 0.366 e. The molecule has 0 spiro atoms. The summed E-state index contributed by atoms with van der Waals surface area (Å²) in [6, 6.07) is 7.39. The second-order valence-corrected chi connectivity index (χ2v) is 7.41. The Morgan fingerprint density at radius 1 is 1.15 bits per heavy atom. The summed E-state index contributed by atoms with van der Waals surface area (Å²) in [6.07, 6.45) is 6.59. The van der Waals surface area contributed by atoms with Crippen LogP contribution in [-0.4, -0.2) is 39.4 Å². The van der Waals surface area contributed by atoms with E-state index < -0.39 is 5.91 Å². The van der Waals surface area contributed by atoms with E-state index in [1.807, 2.05) is 17.0 Å². The summed E-state index contributed by atoms with van der Waals surface area (Å²) in [4.78, 5) is 33.7. The average molecular weight is 367 g/mol. The summed E-state index contributed by atoms with van der Waals surface area (Å²) in [7, 11) is 0. The van der Waals surface area contributed by atoms with Gasteiger partial charge in [-0.25, -0.2) is 9.78 Å². The van der Waals surface area contributed by atoms with Crippen molar-refractivity contribution in [3.8, 4) is 11.4 Å². The molecule has 1 aliphatic carbocycles. The maximum Gasteiger partial charge on any atom is 0.317 e. The lowest BCUT2D eigenvalue weighted by atomic mass is 9.96. The molecule has 4 rings (SSSR count). The third kappa shape index (κ3) is 3.82. The molecule has 2 heterocycles. The molecule has 0 radical (unpaired) electrons. The van der Waals surface area contributed by atoms with Gasteiger partial charge in [-0.15, -0.1) is 0 Å². The van der Waals surface area contributed by atoms with Gasteiger partial charge < -0.3 is 20.9 Å². The molecule has 1 saturated carbocycles. The van der Waals surface area contributed by atoms with E-state index in [2.05, 4.69) is 15.3 Å². The Hall–Kier alpha value is -2.83. The number of amides is 3. The van der Waals surface area contributed by atoms with Crippen LogP contribution in [0.5, 0.6) is 0 Å². The van der Waals surface area contributed by atoms with Gasteiger partial charge in [-0.1, -0.05) is 31.4 Å². The van der Waals surface area contributed by atoms with Crippen LogP contribution in [0.15, 0.2) is 24.3 Å². The van der Waals surface area contributed by atoms with E-state index in [1.54, 1.807) is 12.1 Å². The molecular formula is C20H25N5O2. The van der Waals surface area contributed by atoms with E-state index >= 15 is 0 Å². The van der Waals surface area contributed by atoms with Crippen molar-refractivity contribution < 1.29 is 9.59 Å². The van der Waals surface area contributed by atoms with E-state index in [1.165, 1.54) is 19.3 Å². The van der Waals surface area contributed by atoms with Crippen LogP contribution in [-0.2, 0) is 13.0 Å². The number of aromatic nitrogens is 2. The van der Waals surface area contributed by atoms with Crippen LogP contribution < -0.4 is 11.1 Å². The fraction of sp³-hybridized carbons (Fsp3) is 0.450. The van der Waals surface area contributed by atoms with Crippen LogP contribution in [0.4, 0.5) is 4.79 Å². The molecule has 3 amide bonds. The number of carbonyl (C=O) groups excluding carboxylic acids is 2. The number of imidazole rings is 1. The summed E-state index contributed by atoms with van der Waals surface area (Å²) in [5, 5.41) is 3.18. The normalized spacial score (nSPS) is 17.4. The van der Waals surface area contributed by atoms with Crippen LogP contribution in [0.2, 0.25) is 0 Å². The molecule has 1 aromatic heterocycles. The highest BCUT2D eigenvalue weighted by atomic mass is 16.2. The maximum atomic E-state index is 12.6. The van der Waals surface area contributed by atoms with E-state index in [9.17, 15) is 9.59 Å². The number of hydrogen-bond donors (Lipinski definition) is 3. The van der Waals surface area contributed by atoms with Gasteiger partial charge in [-0.3, -0.25) is 4.79 Å². The second kappa shape index (κ2) is 7.42. The molecule has 0 saturated heterocycles. The lowest BCUT2D eigenvalue weighted by Crippen LogP contribution is -2.47. The van der Waals surface area contributed by atoms with Crippen molar-refractivity contribution >= 4 is 11.9 Å². The standard InChI is InChI=1S/C20H25N5O2/c21-18(26)13-6-8-14(9-7-13)19-23-16-10-11-25(12-17(16)24-19)20(27)22-15-4-2-1-3-5-15/h6-9,15H,1-5,10-12H2,(H2,21,26)(H,22,27)(H,23,24). The lowest BCUT2D eigenvalue weighted by molar-refractivity contribution is 0.1000. The molecule has 4 N–H and O–H groups in total. The first kappa shape index (κ1) is 17.6. The number of nitrogens with two attached hydrogens (primary N) is 1.